The Labute approximate surface area is 153 Å². The third-order valence-electron chi connectivity index (χ3n) is 2.06. The second kappa shape index (κ2) is 10.3. The standard InChI is InChI=1S/2C6H6O3S.2Li/c2*7-10(8,9)6-4-2-1-3-5-6;;/h2*1-5H,(H,7,8,9);;/q;;2*+1/p-2. The van der Waals surface area contributed by atoms with E-state index in [1.165, 1.54) is 48.5 Å². The van der Waals surface area contributed by atoms with Gasteiger partial charge in [-0.15, -0.1) is 0 Å². The fraction of sp³-hybridized carbons (Fsp3) is 0. The van der Waals surface area contributed by atoms with E-state index >= 15 is 0 Å². The number of benzene rings is 2. The summed E-state index contributed by atoms with van der Waals surface area (Å²) in [5.74, 6) is 0. The van der Waals surface area contributed by atoms with E-state index in [4.69, 9.17) is 0 Å². The normalized spacial score (nSPS) is 10.3. The number of rotatable bonds is 2. The first-order valence-electron chi connectivity index (χ1n) is 5.23. The van der Waals surface area contributed by atoms with Crippen LogP contribution in [-0.2, 0) is 20.2 Å². The second-order valence-corrected chi connectivity index (χ2v) is 6.29. The quantitative estimate of drug-likeness (QED) is 0.404. The molecule has 0 aliphatic carbocycles. The summed E-state index contributed by atoms with van der Waals surface area (Å²) in [6.07, 6.45) is 0. The monoisotopic (exact) mass is 328 g/mol. The van der Waals surface area contributed by atoms with Crippen molar-refractivity contribution >= 4 is 20.2 Å². The molecule has 0 spiro atoms. The van der Waals surface area contributed by atoms with Crippen LogP contribution in [0.1, 0.15) is 0 Å². The maximum absolute atomic E-state index is 10.3. The van der Waals surface area contributed by atoms with Gasteiger partial charge in [0.1, 0.15) is 20.2 Å². The van der Waals surface area contributed by atoms with Gasteiger partial charge in [0, 0.05) is 0 Å². The zero-order chi connectivity index (χ0) is 15.2. The van der Waals surface area contributed by atoms with Gasteiger partial charge in [-0.05, 0) is 24.3 Å². The summed E-state index contributed by atoms with van der Waals surface area (Å²) in [4.78, 5) is -0.370. The molecule has 0 saturated heterocycles. The van der Waals surface area contributed by atoms with E-state index in [1.807, 2.05) is 0 Å². The van der Waals surface area contributed by atoms with Crippen molar-refractivity contribution in [3.8, 4) is 0 Å². The second-order valence-electron chi connectivity index (χ2n) is 3.53. The Morgan fingerprint density at radius 1 is 0.545 bits per heavy atom. The molecule has 0 bridgehead atoms. The van der Waals surface area contributed by atoms with Crippen molar-refractivity contribution in [2.24, 2.45) is 0 Å². The first-order chi connectivity index (χ1) is 9.21. The summed E-state index contributed by atoms with van der Waals surface area (Å²) >= 11 is 0. The van der Waals surface area contributed by atoms with Crippen LogP contribution in [0.3, 0.4) is 0 Å². The molecule has 0 amide bonds. The predicted molar refractivity (Wildman–Crippen MR) is 68.8 cm³/mol. The van der Waals surface area contributed by atoms with E-state index in [0.717, 1.165) is 0 Å². The van der Waals surface area contributed by atoms with Gasteiger partial charge < -0.3 is 9.11 Å². The van der Waals surface area contributed by atoms with Crippen LogP contribution in [0, 0.1) is 0 Å². The van der Waals surface area contributed by atoms with Gasteiger partial charge in [0.2, 0.25) is 0 Å². The average Bonchev–Trinajstić information content (AvgIpc) is 2.40. The van der Waals surface area contributed by atoms with Crippen LogP contribution < -0.4 is 37.7 Å². The zero-order valence-electron chi connectivity index (χ0n) is 12.0. The first kappa shape index (κ1) is 23.7. The molecule has 2 rings (SSSR count). The maximum Gasteiger partial charge on any atom is 1.00 e. The summed E-state index contributed by atoms with van der Waals surface area (Å²) in [6.45, 7) is 0. The first-order valence-corrected chi connectivity index (χ1v) is 8.05. The van der Waals surface area contributed by atoms with Crippen LogP contribution in [0.2, 0.25) is 0 Å². The summed E-state index contributed by atoms with van der Waals surface area (Å²) in [6, 6.07) is 14.4. The van der Waals surface area contributed by atoms with Crippen molar-refractivity contribution in [3.63, 3.8) is 0 Å². The minimum absolute atomic E-state index is 0. The van der Waals surface area contributed by atoms with E-state index in [9.17, 15) is 25.9 Å². The largest absolute Gasteiger partial charge is 1.00 e. The minimum Gasteiger partial charge on any atom is -0.744 e. The zero-order valence-corrected chi connectivity index (χ0v) is 13.7. The SMILES string of the molecule is O=S(=O)([O-])c1ccccc1.O=S(=O)([O-])c1ccccc1.[Li+].[Li+]. The van der Waals surface area contributed by atoms with E-state index in [-0.39, 0.29) is 47.5 Å². The van der Waals surface area contributed by atoms with Gasteiger partial charge in [-0.25, -0.2) is 16.8 Å². The molecule has 0 aromatic heterocycles. The van der Waals surface area contributed by atoms with Crippen molar-refractivity contribution in [2.45, 2.75) is 9.79 Å². The molecule has 6 nitrogen and oxygen atoms in total. The van der Waals surface area contributed by atoms with E-state index in [1.54, 1.807) is 12.1 Å². The van der Waals surface area contributed by atoms with E-state index in [2.05, 4.69) is 0 Å². The van der Waals surface area contributed by atoms with Gasteiger partial charge in [-0.3, -0.25) is 0 Å². The molecule has 0 saturated carbocycles. The third kappa shape index (κ3) is 8.79. The Morgan fingerprint density at radius 2 is 0.773 bits per heavy atom. The van der Waals surface area contributed by atoms with Crippen LogP contribution in [0.15, 0.2) is 70.5 Å². The Hall–Kier alpha value is -0.545. The van der Waals surface area contributed by atoms with Gasteiger partial charge in [0.15, 0.2) is 0 Å². The molecule has 0 aliphatic rings. The molecule has 0 atom stereocenters. The van der Waals surface area contributed by atoms with Crippen LogP contribution in [0.25, 0.3) is 0 Å². The molecule has 0 radical (unpaired) electrons. The Balaban J connectivity index is 0. The molecule has 0 unspecified atom stereocenters. The fourth-order valence-electron chi connectivity index (χ4n) is 1.17. The molecule has 108 valence electrons. The van der Waals surface area contributed by atoms with Gasteiger partial charge in [-0.2, -0.15) is 0 Å². The summed E-state index contributed by atoms with van der Waals surface area (Å²) < 4.78 is 61.7. The number of hydrogen-bond acceptors (Lipinski definition) is 6. The average molecular weight is 328 g/mol. The molecule has 2 aromatic rings. The van der Waals surface area contributed by atoms with E-state index in [0.29, 0.717) is 0 Å². The number of hydrogen-bond donors (Lipinski definition) is 0. The van der Waals surface area contributed by atoms with Crippen LogP contribution in [0.5, 0.6) is 0 Å². The molecule has 10 heteroatoms. The smallest absolute Gasteiger partial charge is 0.744 e. The van der Waals surface area contributed by atoms with Crippen molar-refractivity contribution in [1.82, 2.24) is 0 Å². The van der Waals surface area contributed by atoms with Crippen LogP contribution in [-0.4, -0.2) is 25.9 Å². The van der Waals surface area contributed by atoms with Gasteiger partial charge in [0.05, 0.1) is 9.79 Å². The Kier molecular flexibility index (Phi) is 11.1. The molecular weight excluding hydrogens is 318 g/mol. The molecule has 0 N–H and O–H groups in total. The topological polar surface area (TPSA) is 114 Å². The molecule has 0 fully saturated rings. The summed E-state index contributed by atoms with van der Waals surface area (Å²) in [5.41, 5.74) is 0. The molecule has 22 heavy (non-hydrogen) atoms. The molecule has 2 aromatic carbocycles. The van der Waals surface area contributed by atoms with Gasteiger partial charge in [-0.1, -0.05) is 36.4 Å². The minimum atomic E-state index is -4.25. The molecular formula is C12H10Li2O6S2. The van der Waals surface area contributed by atoms with Crippen LogP contribution in [0.4, 0.5) is 0 Å². The van der Waals surface area contributed by atoms with E-state index < -0.39 is 20.2 Å². The summed E-state index contributed by atoms with van der Waals surface area (Å²) in [7, 11) is -8.51. The van der Waals surface area contributed by atoms with Gasteiger partial charge >= 0.3 is 37.7 Å². The molecule has 0 heterocycles. The van der Waals surface area contributed by atoms with Gasteiger partial charge in [0.25, 0.3) is 0 Å². The molecule has 0 aliphatic heterocycles. The van der Waals surface area contributed by atoms with Crippen molar-refractivity contribution < 1.29 is 63.7 Å². The summed E-state index contributed by atoms with van der Waals surface area (Å²) in [5, 5.41) is 0. The maximum atomic E-state index is 10.3. The van der Waals surface area contributed by atoms with Crippen LogP contribution >= 0.6 is 0 Å². The third-order valence-corrected chi connectivity index (χ3v) is 3.76. The Bertz CT molecular complexity index is 679. The fourth-order valence-corrected chi connectivity index (χ4v) is 2.16. The predicted octanol–water partition coefficient (Wildman–Crippen LogP) is -4.81. The van der Waals surface area contributed by atoms with Crippen molar-refractivity contribution in [2.75, 3.05) is 0 Å². The Morgan fingerprint density at radius 3 is 0.909 bits per heavy atom. The van der Waals surface area contributed by atoms with Crippen molar-refractivity contribution in [3.05, 3.63) is 60.7 Å². The van der Waals surface area contributed by atoms with Crippen molar-refractivity contribution in [1.29, 1.82) is 0 Å².